The minimum absolute atomic E-state index is 0.390. The predicted molar refractivity (Wildman–Crippen MR) is 111 cm³/mol. The van der Waals surface area contributed by atoms with Crippen molar-refractivity contribution in [1.29, 1.82) is 0 Å². The Morgan fingerprint density at radius 1 is 1.25 bits per heavy atom. The van der Waals surface area contributed by atoms with Gasteiger partial charge in [-0.1, -0.05) is 19.3 Å². The summed E-state index contributed by atoms with van der Waals surface area (Å²) >= 11 is 1.61. The first-order valence-corrected chi connectivity index (χ1v) is 10.6. The lowest BCUT2D eigenvalue weighted by Crippen LogP contribution is -2.49. The van der Waals surface area contributed by atoms with Crippen LogP contribution in [0.2, 0.25) is 0 Å². The SMILES string of the molecule is CC(C)(C)OC(=O)NC1(c2nc3ccc(-c4nccs4)cc3[nH]2)CCCCC1. The van der Waals surface area contributed by atoms with Crippen LogP contribution in [0.1, 0.15) is 58.7 Å². The van der Waals surface area contributed by atoms with Crippen molar-refractivity contribution in [3.05, 3.63) is 35.6 Å². The van der Waals surface area contributed by atoms with Crippen LogP contribution >= 0.6 is 11.3 Å². The highest BCUT2D eigenvalue weighted by Crippen LogP contribution is 2.37. The lowest BCUT2D eigenvalue weighted by atomic mass is 9.81. The lowest BCUT2D eigenvalue weighted by Gasteiger charge is -2.36. The summed E-state index contributed by atoms with van der Waals surface area (Å²) in [5, 5.41) is 6.10. The average molecular weight is 399 g/mol. The number of alkyl carbamates (subject to hydrolysis) is 1. The third-order valence-corrected chi connectivity index (χ3v) is 5.88. The Kier molecular flexibility index (Phi) is 4.87. The number of amides is 1. The lowest BCUT2D eigenvalue weighted by molar-refractivity contribution is 0.0413. The number of nitrogens with zero attached hydrogens (tertiary/aromatic N) is 2. The number of aromatic amines is 1. The van der Waals surface area contributed by atoms with Gasteiger partial charge in [-0.3, -0.25) is 0 Å². The second-order valence-electron chi connectivity index (χ2n) is 8.42. The molecule has 0 spiro atoms. The maximum Gasteiger partial charge on any atom is 0.408 e. The molecule has 0 radical (unpaired) electrons. The van der Waals surface area contributed by atoms with E-state index in [2.05, 4.69) is 21.4 Å². The number of fused-ring (bicyclic) bond motifs is 1. The van der Waals surface area contributed by atoms with Crippen LogP contribution in [0.3, 0.4) is 0 Å². The van der Waals surface area contributed by atoms with Crippen molar-refractivity contribution in [3.63, 3.8) is 0 Å². The fourth-order valence-corrected chi connectivity index (χ4v) is 4.45. The summed E-state index contributed by atoms with van der Waals surface area (Å²) in [4.78, 5) is 25.2. The molecule has 0 aliphatic heterocycles. The third kappa shape index (κ3) is 3.90. The van der Waals surface area contributed by atoms with Crippen LogP contribution in [-0.4, -0.2) is 26.6 Å². The van der Waals surface area contributed by atoms with Gasteiger partial charge in [-0.15, -0.1) is 11.3 Å². The van der Waals surface area contributed by atoms with Gasteiger partial charge in [0.1, 0.15) is 22.0 Å². The van der Waals surface area contributed by atoms with Crippen molar-refractivity contribution in [2.24, 2.45) is 0 Å². The normalized spacial score (nSPS) is 16.8. The summed E-state index contributed by atoms with van der Waals surface area (Å²) in [6.07, 6.45) is 6.40. The Bertz CT molecular complexity index is 966. The fraction of sp³-hybridized carbons (Fsp3) is 0.476. The standard InChI is InChI=1S/C21H26N4O2S/c1-20(2,3)27-19(26)25-21(9-5-4-6-10-21)18-23-15-8-7-14(13-16(15)24-18)17-22-11-12-28-17/h7-8,11-13H,4-6,9-10H2,1-3H3,(H,23,24)(H,25,26). The van der Waals surface area contributed by atoms with Crippen LogP contribution < -0.4 is 5.32 Å². The molecule has 0 saturated heterocycles. The van der Waals surface area contributed by atoms with E-state index in [1.54, 1.807) is 11.3 Å². The van der Waals surface area contributed by atoms with Crippen molar-refractivity contribution in [2.75, 3.05) is 0 Å². The van der Waals surface area contributed by atoms with Gasteiger partial charge in [0.15, 0.2) is 0 Å². The molecule has 1 saturated carbocycles. The van der Waals surface area contributed by atoms with Gasteiger partial charge in [0.2, 0.25) is 0 Å². The predicted octanol–water partition coefficient (Wildman–Crippen LogP) is 5.37. The minimum Gasteiger partial charge on any atom is -0.444 e. The van der Waals surface area contributed by atoms with Gasteiger partial charge in [-0.05, 0) is 51.8 Å². The highest BCUT2D eigenvalue weighted by Gasteiger charge is 2.39. The van der Waals surface area contributed by atoms with Gasteiger partial charge in [-0.2, -0.15) is 0 Å². The number of carbonyl (C=O) groups is 1. The molecule has 1 aromatic carbocycles. The number of rotatable bonds is 3. The van der Waals surface area contributed by atoms with Crippen LogP contribution in [0.4, 0.5) is 4.79 Å². The molecule has 2 aromatic heterocycles. The molecule has 28 heavy (non-hydrogen) atoms. The van der Waals surface area contributed by atoms with Crippen molar-refractivity contribution in [1.82, 2.24) is 20.3 Å². The Labute approximate surface area is 168 Å². The summed E-state index contributed by atoms with van der Waals surface area (Å²) in [6, 6.07) is 6.13. The molecule has 2 N–H and O–H groups in total. The van der Waals surface area contributed by atoms with E-state index in [1.807, 2.05) is 44.5 Å². The van der Waals surface area contributed by atoms with E-state index in [-0.39, 0.29) is 0 Å². The molecule has 2 heterocycles. The highest BCUT2D eigenvalue weighted by molar-refractivity contribution is 7.13. The third-order valence-electron chi connectivity index (χ3n) is 5.06. The Morgan fingerprint density at radius 2 is 2.04 bits per heavy atom. The molecule has 0 unspecified atom stereocenters. The summed E-state index contributed by atoms with van der Waals surface area (Å²) in [6.45, 7) is 5.63. The summed E-state index contributed by atoms with van der Waals surface area (Å²) in [7, 11) is 0. The maximum absolute atomic E-state index is 12.5. The zero-order chi connectivity index (χ0) is 19.8. The number of hydrogen-bond acceptors (Lipinski definition) is 5. The first-order valence-electron chi connectivity index (χ1n) is 9.76. The average Bonchev–Trinajstić information content (AvgIpc) is 3.30. The molecule has 1 fully saturated rings. The molecular formula is C21H26N4O2S. The van der Waals surface area contributed by atoms with Crippen LogP contribution in [0.5, 0.6) is 0 Å². The molecular weight excluding hydrogens is 372 g/mol. The van der Waals surface area contributed by atoms with Gasteiger partial charge < -0.3 is 15.0 Å². The second-order valence-corrected chi connectivity index (χ2v) is 9.32. The number of ether oxygens (including phenoxy) is 1. The molecule has 7 heteroatoms. The zero-order valence-corrected chi connectivity index (χ0v) is 17.4. The van der Waals surface area contributed by atoms with Gasteiger partial charge in [-0.25, -0.2) is 14.8 Å². The van der Waals surface area contributed by atoms with Crippen LogP contribution in [0, 0.1) is 0 Å². The van der Waals surface area contributed by atoms with Crippen molar-refractivity contribution in [3.8, 4) is 10.6 Å². The van der Waals surface area contributed by atoms with Crippen LogP contribution in [0.15, 0.2) is 29.8 Å². The van der Waals surface area contributed by atoms with Crippen LogP contribution in [-0.2, 0) is 10.3 Å². The fourth-order valence-electron chi connectivity index (χ4n) is 3.81. The van der Waals surface area contributed by atoms with E-state index in [9.17, 15) is 4.79 Å². The van der Waals surface area contributed by atoms with E-state index in [0.717, 1.165) is 53.1 Å². The number of aromatic nitrogens is 3. The van der Waals surface area contributed by atoms with Crippen molar-refractivity contribution < 1.29 is 9.53 Å². The zero-order valence-electron chi connectivity index (χ0n) is 16.5. The van der Waals surface area contributed by atoms with Gasteiger partial charge in [0, 0.05) is 17.1 Å². The molecule has 1 amide bonds. The van der Waals surface area contributed by atoms with Crippen LogP contribution in [0.25, 0.3) is 21.6 Å². The number of benzene rings is 1. The first-order chi connectivity index (χ1) is 13.3. The minimum atomic E-state index is -0.531. The molecule has 0 bridgehead atoms. The quantitative estimate of drug-likeness (QED) is 0.621. The Morgan fingerprint density at radius 3 is 2.71 bits per heavy atom. The van der Waals surface area contributed by atoms with E-state index >= 15 is 0 Å². The van der Waals surface area contributed by atoms with Gasteiger partial charge >= 0.3 is 6.09 Å². The summed E-state index contributed by atoms with van der Waals surface area (Å²) < 4.78 is 5.53. The molecule has 0 atom stereocenters. The van der Waals surface area contributed by atoms with Gasteiger partial charge in [0.05, 0.1) is 11.0 Å². The first kappa shape index (κ1) is 18.9. The maximum atomic E-state index is 12.5. The van der Waals surface area contributed by atoms with E-state index in [4.69, 9.17) is 9.72 Å². The molecule has 1 aliphatic carbocycles. The van der Waals surface area contributed by atoms with E-state index < -0.39 is 17.2 Å². The van der Waals surface area contributed by atoms with Crippen molar-refractivity contribution >= 4 is 28.5 Å². The number of hydrogen-bond donors (Lipinski definition) is 2. The van der Waals surface area contributed by atoms with E-state index in [0.29, 0.717) is 0 Å². The summed E-state index contributed by atoms with van der Waals surface area (Å²) in [5.74, 6) is 0.810. The molecule has 4 rings (SSSR count). The van der Waals surface area contributed by atoms with Crippen molar-refractivity contribution in [2.45, 2.75) is 64.0 Å². The monoisotopic (exact) mass is 398 g/mol. The topological polar surface area (TPSA) is 79.9 Å². The largest absolute Gasteiger partial charge is 0.444 e. The Balaban J connectivity index is 1.68. The van der Waals surface area contributed by atoms with E-state index in [1.165, 1.54) is 6.42 Å². The van der Waals surface area contributed by atoms with Gasteiger partial charge in [0.25, 0.3) is 0 Å². The highest BCUT2D eigenvalue weighted by atomic mass is 32.1. The molecule has 1 aliphatic rings. The summed E-state index contributed by atoms with van der Waals surface area (Å²) in [5.41, 5.74) is 1.87. The Hall–Kier alpha value is -2.41. The smallest absolute Gasteiger partial charge is 0.408 e. The number of thiazole rings is 1. The number of nitrogens with one attached hydrogen (secondary N) is 2. The number of H-pyrrole nitrogens is 1. The number of imidazole rings is 1. The molecule has 3 aromatic rings. The second kappa shape index (κ2) is 7.20. The molecule has 148 valence electrons. The number of carbonyl (C=O) groups excluding carboxylic acids is 1. The molecule has 6 nitrogen and oxygen atoms in total.